The zero-order valence-electron chi connectivity index (χ0n) is 26.3. The molecular formula is C37H39N5O3S. The van der Waals surface area contributed by atoms with Gasteiger partial charge in [0.1, 0.15) is 12.1 Å². The van der Waals surface area contributed by atoms with E-state index in [0.29, 0.717) is 11.4 Å². The largest absolute Gasteiger partial charge is 0.376 e. The van der Waals surface area contributed by atoms with Gasteiger partial charge in [0.2, 0.25) is 5.91 Å². The number of nitrogens with two attached hydrogens (primary N) is 1. The molecule has 0 radical (unpaired) electrons. The Bertz CT molecular complexity index is 1690. The van der Waals surface area contributed by atoms with Gasteiger partial charge in [0.05, 0.1) is 24.5 Å². The summed E-state index contributed by atoms with van der Waals surface area (Å²) in [7, 11) is 0. The average Bonchev–Trinajstić information content (AvgIpc) is 3.16. The molecule has 1 aliphatic heterocycles. The van der Waals surface area contributed by atoms with E-state index in [9.17, 15) is 14.4 Å². The van der Waals surface area contributed by atoms with Crippen molar-refractivity contribution >= 4 is 57.7 Å². The van der Waals surface area contributed by atoms with Crippen LogP contribution in [0.3, 0.4) is 0 Å². The minimum atomic E-state index is -1.00. The lowest BCUT2D eigenvalue weighted by Crippen LogP contribution is -2.59. The first-order chi connectivity index (χ1) is 22.0. The second-order valence-electron chi connectivity index (χ2n) is 12.3. The molecule has 236 valence electrons. The standard InChI is InChI=1S/C37H39N5O3S/c1-37(2,3)33(43)25-41-31-22-14-13-21-30(31)40(27-17-9-5-10-18-27)24-29(35(41)45)39-34(44)32(23-26-15-7-4-8-16-26)42(36(38)46)28-19-11-6-12-20-28/h4-22,29,32H,23-25H2,1-3H3,(H2,38,46)(H,39,44)/t29?,32-/m0/s1. The van der Waals surface area contributed by atoms with Crippen LogP contribution in [-0.4, -0.2) is 47.9 Å². The van der Waals surface area contributed by atoms with Gasteiger partial charge >= 0.3 is 0 Å². The van der Waals surface area contributed by atoms with Crippen molar-refractivity contribution in [2.45, 2.75) is 39.3 Å². The number of Topliss-reactive ketones (excluding diaryl/α,β-unsaturated/α-hetero) is 1. The van der Waals surface area contributed by atoms with E-state index in [4.69, 9.17) is 18.0 Å². The fourth-order valence-corrected chi connectivity index (χ4v) is 5.78. The van der Waals surface area contributed by atoms with E-state index in [1.807, 2.05) is 141 Å². The number of ketones is 1. The van der Waals surface area contributed by atoms with Crippen molar-refractivity contribution in [2.24, 2.45) is 11.1 Å². The van der Waals surface area contributed by atoms with Crippen molar-refractivity contribution in [1.29, 1.82) is 0 Å². The lowest BCUT2D eigenvalue weighted by Gasteiger charge is -2.33. The van der Waals surface area contributed by atoms with E-state index in [0.717, 1.165) is 16.9 Å². The molecule has 0 aliphatic carbocycles. The molecule has 9 heteroatoms. The number of amides is 2. The van der Waals surface area contributed by atoms with Crippen molar-refractivity contribution in [3.63, 3.8) is 0 Å². The van der Waals surface area contributed by atoms with Gasteiger partial charge in [0.15, 0.2) is 10.9 Å². The number of anilines is 4. The summed E-state index contributed by atoms with van der Waals surface area (Å²) in [6, 6.07) is 34.2. The van der Waals surface area contributed by atoms with Crippen molar-refractivity contribution in [3.8, 4) is 0 Å². The van der Waals surface area contributed by atoms with Crippen LogP contribution in [0.5, 0.6) is 0 Å². The molecule has 0 aromatic heterocycles. The third kappa shape index (κ3) is 7.26. The topological polar surface area (TPSA) is 99.0 Å². The summed E-state index contributed by atoms with van der Waals surface area (Å²) in [4.78, 5) is 47.5. The number of rotatable bonds is 9. The Morgan fingerprint density at radius 3 is 2.00 bits per heavy atom. The molecule has 0 fully saturated rings. The minimum Gasteiger partial charge on any atom is -0.376 e. The molecule has 5 rings (SSSR count). The highest BCUT2D eigenvalue weighted by Gasteiger charge is 2.39. The molecule has 0 spiro atoms. The van der Waals surface area contributed by atoms with E-state index in [2.05, 4.69) is 5.32 Å². The third-order valence-corrected chi connectivity index (χ3v) is 8.27. The number of hydrogen-bond donors (Lipinski definition) is 2. The molecule has 2 atom stereocenters. The van der Waals surface area contributed by atoms with Crippen molar-refractivity contribution in [1.82, 2.24) is 5.32 Å². The molecule has 1 heterocycles. The fraction of sp³-hybridized carbons (Fsp3) is 0.243. The Kier molecular flexibility index (Phi) is 9.82. The summed E-state index contributed by atoms with van der Waals surface area (Å²) >= 11 is 5.49. The third-order valence-electron chi connectivity index (χ3n) is 8.07. The Morgan fingerprint density at radius 1 is 0.870 bits per heavy atom. The molecule has 46 heavy (non-hydrogen) atoms. The van der Waals surface area contributed by atoms with Crippen molar-refractivity contribution in [2.75, 3.05) is 27.8 Å². The van der Waals surface area contributed by atoms with Gasteiger partial charge in [-0.25, -0.2) is 0 Å². The van der Waals surface area contributed by atoms with E-state index < -0.39 is 23.4 Å². The molecule has 4 aromatic rings. The second-order valence-corrected chi connectivity index (χ2v) is 12.8. The molecular weight excluding hydrogens is 595 g/mol. The number of thiocarbonyl (C=S) groups is 1. The Balaban J connectivity index is 1.57. The number of nitrogens with one attached hydrogen (secondary N) is 1. The molecule has 0 bridgehead atoms. The number of carbonyl (C=O) groups is 3. The smallest absolute Gasteiger partial charge is 0.251 e. The van der Waals surface area contributed by atoms with Crippen LogP contribution in [-0.2, 0) is 20.8 Å². The highest BCUT2D eigenvalue weighted by molar-refractivity contribution is 7.80. The summed E-state index contributed by atoms with van der Waals surface area (Å²) in [6.45, 7) is 5.51. The quantitative estimate of drug-likeness (QED) is 0.231. The van der Waals surface area contributed by atoms with Crippen LogP contribution in [0.2, 0.25) is 0 Å². The van der Waals surface area contributed by atoms with Crippen LogP contribution in [0.25, 0.3) is 0 Å². The SMILES string of the molecule is CC(C)(C)C(=O)CN1C(=O)C(NC(=O)[C@H](Cc2ccccc2)N(C(N)=S)c2ccccc2)CN(c2ccccc2)c2ccccc21. The van der Waals surface area contributed by atoms with Gasteiger partial charge < -0.3 is 25.8 Å². The lowest BCUT2D eigenvalue weighted by atomic mass is 9.90. The number of carbonyl (C=O) groups excluding carboxylic acids is 3. The maximum Gasteiger partial charge on any atom is 0.251 e. The molecule has 1 aliphatic rings. The summed E-state index contributed by atoms with van der Waals surface area (Å²) in [6.07, 6.45) is 0.286. The summed E-state index contributed by atoms with van der Waals surface area (Å²) < 4.78 is 0. The summed E-state index contributed by atoms with van der Waals surface area (Å²) in [5, 5.41) is 3.10. The van der Waals surface area contributed by atoms with Crippen LogP contribution in [0.4, 0.5) is 22.7 Å². The van der Waals surface area contributed by atoms with Crippen LogP contribution in [0.1, 0.15) is 26.3 Å². The van der Waals surface area contributed by atoms with Gasteiger partial charge in [0.25, 0.3) is 5.91 Å². The van der Waals surface area contributed by atoms with Gasteiger partial charge in [-0.05, 0) is 54.2 Å². The second kappa shape index (κ2) is 14.0. The van der Waals surface area contributed by atoms with E-state index in [-0.39, 0.29) is 36.3 Å². The first kappa shape index (κ1) is 32.4. The van der Waals surface area contributed by atoms with Gasteiger partial charge in [-0.3, -0.25) is 14.4 Å². The molecule has 8 nitrogen and oxygen atoms in total. The minimum absolute atomic E-state index is 0.0326. The van der Waals surface area contributed by atoms with Gasteiger partial charge in [0, 0.05) is 23.2 Å². The fourth-order valence-electron chi connectivity index (χ4n) is 5.55. The lowest BCUT2D eigenvalue weighted by molar-refractivity contribution is -0.129. The number of para-hydroxylation sites is 4. The molecule has 0 saturated carbocycles. The predicted octanol–water partition coefficient (Wildman–Crippen LogP) is 5.63. The first-order valence-electron chi connectivity index (χ1n) is 15.3. The zero-order valence-corrected chi connectivity index (χ0v) is 27.1. The monoisotopic (exact) mass is 633 g/mol. The number of nitrogens with zero attached hydrogens (tertiary/aromatic N) is 3. The average molecular weight is 634 g/mol. The van der Waals surface area contributed by atoms with Gasteiger partial charge in [-0.1, -0.05) is 99.6 Å². The normalized spacial score (nSPS) is 15.4. The van der Waals surface area contributed by atoms with Crippen LogP contribution in [0, 0.1) is 5.41 Å². The Morgan fingerprint density at radius 2 is 1.41 bits per heavy atom. The van der Waals surface area contributed by atoms with Crippen LogP contribution >= 0.6 is 12.2 Å². The molecule has 3 N–H and O–H groups in total. The number of hydrogen-bond acceptors (Lipinski definition) is 5. The van der Waals surface area contributed by atoms with Crippen molar-refractivity contribution < 1.29 is 14.4 Å². The number of benzene rings is 4. The predicted molar refractivity (Wildman–Crippen MR) is 188 cm³/mol. The maximum absolute atomic E-state index is 14.5. The molecule has 4 aromatic carbocycles. The maximum atomic E-state index is 14.5. The Hall–Kier alpha value is -5.02. The zero-order chi connectivity index (χ0) is 32.8. The highest BCUT2D eigenvalue weighted by atomic mass is 32.1. The van der Waals surface area contributed by atoms with Crippen molar-refractivity contribution in [3.05, 3.63) is 121 Å². The Labute approximate surface area is 275 Å². The molecule has 2 amide bonds. The van der Waals surface area contributed by atoms with Crippen LogP contribution < -0.4 is 25.8 Å². The van der Waals surface area contributed by atoms with E-state index in [1.165, 1.54) is 4.90 Å². The van der Waals surface area contributed by atoms with E-state index in [1.54, 1.807) is 4.90 Å². The number of fused-ring (bicyclic) bond motifs is 1. The molecule has 0 saturated heterocycles. The summed E-state index contributed by atoms with van der Waals surface area (Å²) in [5.74, 6) is -0.892. The van der Waals surface area contributed by atoms with Gasteiger partial charge in [-0.15, -0.1) is 0 Å². The highest BCUT2D eigenvalue weighted by Crippen LogP contribution is 2.38. The summed E-state index contributed by atoms with van der Waals surface area (Å²) in [5.41, 5.74) is 9.37. The van der Waals surface area contributed by atoms with E-state index >= 15 is 0 Å². The first-order valence-corrected chi connectivity index (χ1v) is 15.7. The van der Waals surface area contributed by atoms with Crippen LogP contribution in [0.15, 0.2) is 115 Å². The van der Waals surface area contributed by atoms with Gasteiger partial charge in [-0.2, -0.15) is 0 Å². The molecule has 1 unspecified atom stereocenters.